The maximum Gasteiger partial charge on any atom is 0.326 e. The molecule has 6 nitrogen and oxygen atoms in total. The van der Waals surface area contributed by atoms with Crippen molar-refractivity contribution in [2.75, 3.05) is 0 Å². The zero-order valence-electron chi connectivity index (χ0n) is 21.2. The maximum absolute atomic E-state index is 14.0. The van der Waals surface area contributed by atoms with Gasteiger partial charge in [0.2, 0.25) is 5.91 Å². The Bertz CT molecular complexity index is 1240. The van der Waals surface area contributed by atoms with Crippen molar-refractivity contribution in [1.29, 1.82) is 0 Å². The van der Waals surface area contributed by atoms with Crippen LogP contribution in [0.25, 0.3) is 0 Å². The van der Waals surface area contributed by atoms with Gasteiger partial charge in [-0.15, -0.1) is 0 Å². The van der Waals surface area contributed by atoms with Gasteiger partial charge in [-0.1, -0.05) is 85.6 Å². The predicted molar refractivity (Wildman–Crippen MR) is 142 cm³/mol. The first-order chi connectivity index (χ1) is 18.0. The lowest BCUT2D eigenvalue weighted by Gasteiger charge is -2.38. The molecule has 2 N–H and O–H groups in total. The summed E-state index contributed by atoms with van der Waals surface area (Å²) >= 11 is 0. The van der Waals surface area contributed by atoms with Crippen LogP contribution in [-0.2, 0) is 29.2 Å². The number of benzene rings is 3. The number of fused-ring (bicyclic) bond motifs is 1. The van der Waals surface area contributed by atoms with Crippen LogP contribution < -0.4 is 10.1 Å². The summed E-state index contributed by atoms with van der Waals surface area (Å²) in [5.41, 5.74) is 4.69. The fourth-order valence-electron chi connectivity index (χ4n) is 5.59. The summed E-state index contributed by atoms with van der Waals surface area (Å²) < 4.78 is 6.24. The maximum atomic E-state index is 14.0. The number of aryl methyl sites for hydroxylation is 1. The minimum Gasteiger partial charge on any atom is -0.488 e. The van der Waals surface area contributed by atoms with Gasteiger partial charge in [-0.05, 0) is 42.0 Å². The minimum atomic E-state index is -0.998. The van der Waals surface area contributed by atoms with E-state index in [4.69, 9.17) is 4.74 Å². The average molecular weight is 499 g/mol. The monoisotopic (exact) mass is 498 g/mol. The molecular formula is C31H34N2O4. The SMILES string of the molecule is Cc1ccc2c(c1OCc1ccccc1)C[C@@H](C(=O)O)N(C(=O)[C@@H](NC1CCCC1)c1ccccc1)C2. The summed E-state index contributed by atoms with van der Waals surface area (Å²) in [7, 11) is 0. The molecule has 5 rings (SSSR count). The van der Waals surface area contributed by atoms with Gasteiger partial charge in [-0.25, -0.2) is 4.79 Å². The van der Waals surface area contributed by atoms with Gasteiger partial charge in [0.1, 0.15) is 24.4 Å². The lowest BCUT2D eigenvalue weighted by molar-refractivity contribution is -0.152. The van der Waals surface area contributed by atoms with E-state index in [0.29, 0.717) is 6.61 Å². The van der Waals surface area contributed by atoms with E-state index in [1.54, 1.807) is 4.90 Å². The molecule has 1 fully saturated rings. The Morgan fingerprint density at radius 1 is 1.00 bits per heavy atom. The van der Waals surface area contributed by atoms with Gasteiger partial charge < -0.3 is 14.7 Å². The summed E-state index contributed by atoms with van der Waals surface area (Å²) in [6, 6.07) is 22.3. The molecule has 3 aromatic carbocycles. The molecule has 0 unspecified atom stereocenters. The zero-order chi connectivity index (χ0) is 25.8. The summed E-state index contributed by atoms with van der Waals surface area (Å²) in [6.07, 6.45) is 4.57. The highest BCUT2D eigenvalue weighted by Gasteiger charge is 2.40. The molecule has 0 saturated heterocycles. The Morgan fingerprint density at radius 3 is 2.35 bits per heavy atom. The van der Waals surface area contributed by atoms with E-state index in [2.05, 4.69) is 5.32 Å². The number of nitrogens with zero attached hydrogens (tertiary/aromatic N) is 1. The Morgan fingerprint density at radius 2 is 1.68 bits per heavy atom. The molecule has 2 atom stereocenters. The average Bonchev–Trinajstić information content (AvgIpc) is 3.44. The largest absolute Gasteiger partial charge is 0.488 e. The molecule has 37 heavy (non-hydrogen) atoms. The van der Waals surface area contributed by atoms with Crippen molar-refractivity contribution in [3.63, 3.8) is 0 Å². The fraction of sp³-hybridized carbons (Fsp3) is 0.355. The van der Waals surface area contributed by atoms with Gasteiger partial charge in [0.15, 0.2) is 0 Å². The highest BCUT2D eigenvalue weighted by molar-refractivity contribution is 5.89. The number of carboxylic acids is 1. The Balaban J connectivity index is 1.44. The molecule has 1 aliphatic carbocycles. The van der Waals surface area contributed by atoms with Crippen LogP contribution in [0.5, 0.6) is 5.75 Å². The third kappa shape index (κ3) is 5.54. The van der Waals surface area contributed by atoms with Crippen LogP contribution in [0.3, 0.4) is 0 Å². The number of rotatable bonds is 8. The van der Waals surface area contributed by atoms with Crippen LogP contribution in [0.1, 0.15) is 59.5 Å². The second-order valence-corrected chi connectivity index (χ2v) is 10.1. The van der Waals surface area contributed by atoms with Crippen LogP contribution in [0, 0.1) is 6.92 Å². The van der Waals surface area contributed by atoms with E-state index < -0.39 is 18.1 Å². The third-order valence-corrected chi connectivity index (χ3v) is 7.60. The van der Waals surface area contributed by atoms with Crippen molar-refractivity contribution in [2.24, 2.45) is 0 Å². The molecule has 2 aliphatic rings. The van der Waals surface area contributed by atoms with Gasteiger partial charge in [0, 0.05) is 24.6 Å². The van der Waals surface area contributed by atoms with Crippen molar-refractivity contribution < 1.29 is 19.4 Å². The van der Waals surface area contributed by atoms with Crippen molar-refractivity contribution in [1.82, 2.24) is 10.2 Å². The molecule has 1 heterocycles. The van der Waals surface area contributed by atoms with Gasteiger partial charge in [0.25, 0.3) is 0 Å². The normalized spacial score (nSPS) is 18.3. The number of hydrogen-bond acceptors (Lipinski definition) is 4. The molecule has 0 spiro atoms. The van der Waals surface area contributed by atoms with Gasteiger partial charge in [-0.3, -0.25) is 10.1 Å². The van der Waals surface area contributed by atoms with Crippen LogP contribution >= 0.6 is 0 Å². The molecule has 3 aromatic rings. The zero-order valence-corrected chi connectivity index (χ0v) is 21.2. The predicted octanol–water partition coefficient (Wildman–Crippen LogP) is 5.19. The van der Waals surface area contributed by atoms with Gasteiger partial charge >= 0.3 is 5.97 Å². The highest BCUT2D eigenvalue weighted by atomic mass is 16.5. The van der Waals surface area contributed by atoms with Crippen LogP contribution in [-0.4, -0.2) is 34.0 Å². The lowest BCUT2D eigenvalue weighted by atomic mass is 9.90. The summed E-state index contributed by atoms with van der Waals surface area (Å²) in [5, 5.41) is 13.8. The van der Waals surface area contributed by atoms with Crippen LogP contribution in [0.2, 0.25) is 0 Å². The van der Waals surface area contributed by atoms with E-state index >= 15 is 0 Å². The summed E-state index contributed by atoms with van der Waals surface area (Å²) in [4.78, 5) is 28.1. The molecule has 6 heteroatoms. The molecule has 1 amide bonds. The smallest absolute Gasteiger partial charge is 0.326 e. The first-order valence-electron chi connectivity index (χ1n) is 13.1. The number of nitrogens with one attached hydrogen (secondary N) is 1. The van der Waals surface area contributed by atoms with Crippen LogP contribution in [0.15, 0.2) is 72.8 Å². The lowest BCUT2D eigenvalue weighted by Crippen LogP contribution is -2.53. The second-order valence-electron chi connectivity index (χ2n) is 10.1. The topological polar surface area (TPSA) is 78.9 Å². The molecule has 0 aromatic heterocycles. The molecule has 1 saturated carbocycles. The van der Waals surface area contributed by atoms with Gasteiger partial charge in [-0.2, -0.15) is 0 Å². The molecular weight excluding hydrogens is 464 g/mol. The number of amides is 1. The number of carbonyl (C=O) groups excluding carboxylic acids is 1. The Kier molecular flexibility index (Phi) is 7.56. The first-order valence-corrected chi connectivity index (χ1v) is 13.1. The standard InChI is InChI=1S/C31H34N2O4/c1-21-16-17-24-19-33(30(34)28(23-12-6-3-7-13-23)32-25-14-8-9-15-25)27(31(35)36)18-26(24)29(21)37-20-22-10-4-2-5-11-22/h2-7,10-13,16-17,25,27-28,32H,8-9,14-15,18-20H2,1H3,(H,35,36)/t27-,28-/m0/s1. The number of ether oxygens (including phenoxy) is 1. The fourth-order valence-corrected chi connectivity index (χ4v) is 5.59. The highest BCUT2D eigenvalue weighted by Crippen LogP contribution is 2.36. The van der Waals surface area contributed by atoms with Crippen molar-refractivity contribution in [3.8, 4) is 5.75 Å². The van der Waals surface area contributed by atoms with Crippen molar-refractivity contribution >= 4 is 11.9 Å². The Hall–Kier alpha value is -3.64. The van der Waals surface area contributed by atoms with E-state index in [1.807, 2.05) is 79.7 Å². The van der Waals surface area contributed by atoms with E-state index in [9.17, 15) is 14.7 Å². The molecule has 0 radical (unpaired) electrons. The van der Waals surface area contributed by atoms with Crippen LogP contribution in [0.4, 0.5) is 0 Å². The number of carboxylic acid groups (broad SMARTS) is 1. The summed E-state index contributed by atoms with van der Waals surface area (Å²) in [5.74, 6) is -0.464. The first kappa shape index (κ1) is 25.0. The van der Waals surface area contributed by atoms with E-state index in [-0.39, 0.29) is 24.9 Å². The molecule has 192 valence electrons. The number of carbonyl (C=O) groups is 2. The number of hydrogen-bond donors (Lipinski definition) is 2. The molecule has 1 aliphatic heterocycles. The molecule has 0 bridgehead atoms. The minimum absolute atomic E-state index is 0.191. The van der Waals surface area contributed by atoms with Crippen molar-refractivity contribution in [2.45, 2.75) is 70.3 Å². The second kappa shape index (κ2) is 11.2. The number of aliphatic carboxylic acids is 1. The van der Waals surface area contributed by atoms with Crippen molar-refractivity contribution in [3.05, 3.63) is 101 Å². The van der Waals surface area contributed by atoms with E-state index in [0.717, 1.165) is 59.3 Å². The van der Waals surface area contributed by atoms with E-state index in [1.165, 1.54) is 0 Å². The van der Waals surface area contributed by atoms with Gasteiger partial charge in [0.05, 0.1) is 0 Å². The Labute approximate surface area is 218 Å². The summed E-state index contributed by atoms with van der Waals surface area (Å²) in [6.45, 7) is 2.62. The third-order valence-electron chi connectivity index (χ3n) is 7.60. The quantitative estimate of drug-likeness (QED) is 0.447.